The van der Waals surface area contributed by atoms with E-state index in [1.165, 1.54) is 6.07 Å². The number of amides is 1. The van der Waals surface area contributed by atoms with E-state index >= 15 is 0 Å². The van der Waals surface area contributed by atoms with Gasteiger partial charge in [0.1, 0.15) is 5.75 Å². The molecule has 0 radical (unpaired) electrons. The van der Waals surface area contributed by atoms with E-state index in [1.54, 1.807) is 6.07 Å². The number of rotatable bonds is 2. The lowest BCUT2D eigenvalue weighted by molar-refractivity contribution is -0.591. The number of halogens is 1. The number of nitrogens with one attached hydrogen (secondary N) is 1. The lowest BCUT2D eigenvalue weighted by Crippen LogP contribution is -2.32. The van der Waals surface area contributed by atoms with Crippen LogP contribution in [0.3, 0.4) is 0 Å². The molecular formula is C14H18FN4O3+. The fraction of sp³-hybridized carbons (Fsp3) is 0.500. The Morgan fingerprint density at radius 1 is 1.36 bits per heavy atom. The minimum absolute atomic E-state index is 0.0434. The van der Waals surface area contributed by atoms with E-state index in [2.05, 4.69) is 4.90 Å². The number of nitrogens with zero attached hydrogens (tertiary/aromatic N) is 3. The molecule has 0 saturated carbocycles. The lowest BCUT2D eigenvalue weighted by Gasteiger charge is -2.29. The topological polar surface area (TPSA) is 75.9 Å². The molecular weight excluding hydrogens is 291 g/mol. The summed E-state index contributed by atoms with van der Waals surface area (Å²) in [5.41, 5.74) is 2.24. The van der Waals surface area contributed by atoms with Crippen LogP contribution < -0.4 is 10.4 Å². The summed E-state index contributed by atoms with van der Waals surface area (Å²) in [6.07, 6.45) is 1.63. The summed E-state index contributed by atoms with van der Waals surface area (Å²) < 4.78 is 14.8. The molecule has 118 valence electrons. The molecule has 1 amide bonds. The molecule has 0 aliphatic carbocycles. The first-order chi connectivity index (χ1) is 10.5. The van der Waals surface area contributed by atoms with E-state index in [-0.39, 0.29) is 28.9 Å². The molecule has 2 saturated heterocycles. The van der Waals surface area contributed by atoms with Gasteiger partial charge in [0.2, 0.25) is 0 Å². The number of carbonyl (C=O) groups excluding carboxylic acids is 1. The number of piperidine rings is 1. The zero-order valence-electron chi connectivity index (χ0n) is 12.3. The third-order valence-corrected chi connectivity index (χ3v) is 4.27. The van der Waals surface area contributed by atoms with E-state index in [0.717, 1.165) is 30.9 Å². The highest BCUT2D eigenvalue weighted by molar-refractivity contribution is 5.82. The molecule has 1 aromatic rings. The Balaban J connectivity index is 1.96. The molecule has 0 aromatic heterocycles. The average molecular weight is 309 g/mol. The van der Waals surface area contributed by atoms with Crippen molar-refractivity contribution in [2.24, 2.45) is 0 Å². The van der Waals surface area contributed by atoms with Gasteiger partial charge in [0.25, 0.3) is 4.98 Å². The Hall–Kier alpha value is -2.22. The molecule has 2 aliphatic rings. The lowest BCUT2D eigenvalue weighted by atomic mass is 9.88. The second kappa shape index (κ2) is 5.53. The number of anilines is 1. The predicted molar refractivity (Wildman–Crippen MR) is 76.7 cm³/mol. The van der Waals surface area contributed by atoms with E-state index in [0.29, 0.717) is 5.56 Å². The van der Waals surface area contributed by atoms with Gasteiger partial charge in [-0.15, -0.1) is 0 Å². The van der Waals surface area contributed by atoms with E-state index in [9.17, 15) is 19.2 Å². The number of hydrogen-bond donors (Lipinski definition) is 2. The first-order valence-electron chi connectivity index (χ1n) is 7.21. The van der Waals surface area contributed by atoms with Crippen molar-refractivity contribution >= 4 is 11.6 Å². The van der Waals surface area contributed by atoms with Crippen LogP contribution in [-0.2, 0) is 4.79 Å². The molecule has 0 unspecified atom stereocenters. The first-order valence-corrected chi connectivity index (χ1v) is 7.21. The molecule has 1 aromatic carbocycles. The summed E-state index contributed by atoms with van der Waals surface area (Å²) in [7, 11) is 2.02. The summed E-state index contributed by atoms with van der Waals surface area (Å²) in [5.74, 6) is -1.49. The van der Waals surface area contributed by atoms with Crippen LogP contribution in [0, 0.1) is 10.7 Å². The third-order valence-electron chi connectivity index (χ3n) is 4.27. The van der Waals surface area contributed by atoms with Gasteiger partial charge in [-0.25, -0.2) is 4.39 Å². The molecule has 8 heteroatoms. The third kappa shape index (κ3) is 2.50. The van der Waals surface area contributed by atoms with Crippen molar-refractivity contribution in [1.82, 2.24) is 10.3 Å². The quantitative estimate of drug-likeness (QED) is 0.793. The predicted octanol–water partition coefficient (Wildman–Crippen LogP) is 0.886. The van der Waals surface area contributed by atoms with Crippen LogP contribution in [-0.4, -0.2) is 47.6 Å². The average Bonchev–Trinajstić information content (AvgIpc) is 2.79. The van der Waals surface area contributed by atoms with Crippen molar-refractivity contribution in [3.63, 3.8) is 0 Å². The van der Waals surface area contributed by atoms with E-state index in [4.69, 9.17) is 0 Å². The smallest absolute Gasteiger partial charge is 0.307 e. The first kappa shape index (κ1) is 14.7. The number of hydrogen-bond acceptors (Lipinski definition) is 4. The van der Waals surface area contributed by atoms with Crippen LogP contribution in [0.1, 0.15) is 24.3 Å². The van der Waals surface area contributed by atoms with Crippen molar-refractivity contribution < 1.29 is 19.3 Å². The molecule has 2 fully saturated rings. The Kier molecular flexibility index (Phi) is 3.69. The number of carbonyl (C=O) groups is 1. The largest absolute Gasteiger partial charge is 0.505 e. The molecule has 0 atom stereocenters. The van der Waals surface area contributed by atoms with E-state index in [1.807, 2.05) is 12.5 Å². The van der Waals surface area contributed by atoms with Gasteiger partial charge in [-0.1, -0.05) is 16.5 Å². The molecule has 2 heterocycles. The zero-order valence-corrected chi connectivity index (χ0v) is 12.3. The van der Waals surface area contributed by atoms with Gasteiger partial charge in [-0.2, -0.15) is 0 Å². The minimum atomic E-state index is -0.632. The Labute approximate surface area is 126 Å². The molecule has 2 aliphatic heterocycles. The second-order valence-corrected chi connectivity index (χ2v) is 5.78. The number of aromatic hydroxyl groups is 1. The fourth-order valence-electron chi connectivity index (χ4n) is 3.02. The SMILES string of the molecule is CN1CCC(c2ccc(O)c(N3CC(=O)N[N+]3=O)c2F)CC1. The van der Waals surface area contributed by atoms with Gasteiger partial charge in [0.15, 0.2) is 18.0 Å². The number of phenolic OH excluding ortho intramolecular Hbond substituents is 1. The van der Waals surface area contributed by atoms with Gasteiger partial charge in [0, 0.05) is 0 Å². The van der Waals surface area contributed by atoms with Crippen LogP contribution in [0.5, 0.6) is 5.75 Å². The molecule has 7 nitrogen and oxygen atoms in total. The number of likely N-dealkylation sites (tertiary alicyclic amines) is 1. The van der Waals surface area contributed by atoms with Crippen molar-refractivity contribution in [2.75, 3.05) is 31.7 Å². The van der Waals surface area contributed by atoms with Crippen LogP contribution in [0.2, 0.25) is 0 Å². The van der Waals surface area contributed by atoms with Crippen molar-refractivity contribution in [3.8, 4) is 5.75 Å². The summed E-state index contributed by atoms with van der Waals surface area (Å²) >= 11 is 0. The Morgan fingerprint density at radius 2 is 2.05 bits per heavy atom. The highest BCUT2D eigenvalue weighted by Gasteiger charge is 2.41. The number of benzene rings is 1. The zero-order chi connectivity index (χ0) is 15.9. The van der Waals surface area contributed by atoms with Gasteiger partial charge in [0.05, 0.1) is 4.91 Å². The van der Waals surface area contributed by atoms with Crippen molar-refractivity contribution in [1.29, 1.82) is 0 Å². The minimum Gasteiger partial charge on any atom is -0.505 e. The summed E-state index contributed by atoms with van der Waals surface area (Å²) in [4.78, 5) is 25.3. The molecule has 0 spiro atoms. The van der Waals surface area contributed by atoms with Crippen molar-refractivity contribution in [3.05, 3.63) is 28.4 Å². The van der Waals surface area contributed by atoms with Crippen LogP contribution in [0.15, 0.2) is 12.1 Å². The monoisotopic (exact) mass is 309 g/mol. The molecule has 2 N–H and O–H groups in total. The summed E-state index contributed by atoms with van der Waals surface area (Å²) in [6.45, 7) is 1.43. The molecule has 3 rings (SSSR count). The van der Waals surface area contributed by atoms with Gasteiger partial charge < -0.3 is 10.0 Å². The fourth-order valence-corrected chi connectivity index (χ4v) is 3.02. The van der Waals surface area contributed by atoms with Crippen LogP contribution >= 0.6 is 0 Å². The molecule has 22 heavy (non-hydrogen) atoms. The van der Waals surface area contributed by atoms with Gasteiger partial charge in [-0.3, -0.25) is 4.79 Å². The maximum absolute atomic E-state index is 14.8. The Morgan fingerprint density at radius 3 is 2.64 bits per heavy atom. The van der Waals surface area contributed by atoms with Crippen molar-refractivity contribution in [2.45, 2.75) is 18.8 Å². The second-order valence-electron chi connectivity index (χ2n) is 5.78. The Bertz CT molecular complexity index is 629. The van der Waals surface area contributed by atoms with Crippen LogP contribution in [0.4, 0.5) is 10.1 Å². The summed E-state index contributed by atoms with van der Waals surface area (Å²) in [5, 5.41) is 10.8. The number of nitroso groups, excluding NO2 is 1. The van der Waals surface area contributed by atoms with Crippen LogP contribution in [0.25, 0.3) is 0 Å². The molecule has 0 bridgehead atoms. The normalized spacial score (nSPS) is 20.5. The highest BCUT2D eigenvalue weighted by atomic mass is 19.1. The highest BCUT2D eigenvalue weighted by Crippen LogP contribution is 2.38. The van der Waals surface area contributed by atoms with Gasteiger partial charge in [-0.05, 0) is 50.5 Å². The maximum Gasteiger partial charge on any atom is 0.307 e. The number of hydrazine groups is 2. The van der Waals surface area contributed by atoms with E-state index < -0.39 is 11.7 Å². The maximum atomic E-state index is 14.8. The standard InChI is InChI=1S/C14H17FN4O3/c1-17-6-4-9(5-7-17)10-2-3-11(20)14(13(10)15)18-8-12(21)16-19(18)22/h2-3,9H,4-8H2,1H3,(H-,16,20,21,22)/p+1. The van der Waals surface area contributed by atoms with Gasteiger partial charge >= 0.3 is 5.91 Å². The number of phenols is 1. The summed E-state index contributed by atoms with van der Waals surface area (Å²) in [6, 6.07) is 2.94.